The summed E-state index contributed by atoms with van der Waals surface area (Å²) in [6.45, 7) is 3.36. The summed E-state index contributed by atoms with van der Waals surface area (Å²) in [6, 6.07) is 22.1. The summed E-state index contributed by atoms with van der Waals surface area (Å²) in [6.07, 6.45) is -0.0775. The van der Waals surface area contributed by atoms with Crippen LogP contribution in [0.15, 0.2) is 77.8 Å². The van der Waals surface area contributed by atoms with Crippen molar-refractivity contribution in [3.05, 3.63) is 101 Å². The first-order valence-corrected chi connectivity index (χ1v) is 15.1. The number of Topliss-reactive ketones (excluding diaryl/α,β-unsaturated/α-hetero) is 1. The molecular formula is C35H29N3O7S. The average Bonchev–Trinajstić information content (AvgIpc) is 3.35. The zero-order valence-corrected chi connectivity index (χ0v) is 26.3. The number of carbonyl (C=O) groups is 4. The Morgan fingerprint density at radius 3 is 2.26 bits per heavy atom. The Morgan fingerprint density at radius 2 is 1.61 bits per heavy atom. The molecule has 1 aromatic heterocycles. The summed E-state index contributed by atoms with van der Waals surface area (Å²) in [5.41, 5.74) is 4.54. The summed E-state index contributed by atoms with van der Waals surface area (Å²) in [5.74, 6) is -1.21. The van der Waals surface area contributed by atoms with Crippen molar-refractivity contribution in [1.29, 1.82) is 5.26 Å². The fraction of sp³-hybridized carbons (Fsp3) is 0.200. The van der Waals surface area contributed by atoms with Crippen LogP contribution in [0, 0.1) is 25.2 Å². The van der Waals surface area contributed by atoms with E-state index in [1.54, 1.807) is 18.2 Å². The van der Waals surface area contributed by atoms with Gasteiger partial charge in [0.15, 0.2) is 23.9 Å². The summed E-state index contributed by atoms with van der Waals surface area (Å²) in [5, 5.41) is 9.36. The number of imide groups is 1. The second-order valence-electron chi connectivity index (χ2n) is 10.5. The fourth-order valence-electron chi connectivity index (χ4n) is 4.93. The minimum Gasteiger partial charge on any atom is -0.493 e. The first-order chi connectivity index (χ1) is 22.1. The van der Waals surface area contributed by atoms with Gasteiger partial charge in [0, 0.05) is 17.5 Å². The number of methoxy groups -OCH3 is 2. The Morgan fingerprint density at radius 1 is 0.935 bits per heavy atom. The predicted molar refractivity (Wildman–Crippen MR) is 171 cm³/mol. The smallest absolute Gasteiger partial charge is 0.338 e. The third kappa shape index (κ3) is 6.62. The Hall–Kier alpha value is -5.47. The van der Waals surface area contributed by atoms with Crippen LogP contribution in [0.25, 0.3) is 11.3 Å². The molecule has 1 unspecified atom stereocenters. The van der Waals surface area contributed by atoms with Crippen LogP contribution in [-0.2, 0) is 14.3 Å². The molecular weight excluding hydrogens is 606 g/mol. The number of nitriles is 1. The quantitative estimate of drug-likeness (QED) is 0.121. The van der Waals surface area contributed by atoms with Gasteiger partial charge < -0.3 is 14.2 Å². The topological polar surface area (TPSA) is 136 Å². The van der Waals surface area contributed by atoms with E-state index in [0.717, 1.165) is 33.4 Å². The van der Waals surface area contributed by atoms with Gasteiger partial charge in [0.05, 0.1) is 42.0 Å². The number of rotatable bonds is 10. The lowest BCUT2D eigenvalue weighted by molar-refractivity contribution is -0.121. The molecule has 1 fully saturated rings. The highest BCUT2D eigenvalue weighted by Crippen LogP contribution is 2.37. The Labute approximate surface area is 269 Å². The van der Waals surface area contributed by atoms with Crippen LogP contribution in [0.5, 0.6) is 11.5 Å². The van der Waals surface area contributed by atoms with Crippen LogP contribution in [-0.4, -0.2) is 54.6 Å². The summed E-state index contributed by atoms with van der Waals surface area (Å²) < 4.78 is 15.6. The lowest BCUT2D eigenvalue weighted by Gasteiger charge is -2.16. The minimum absolute atomic E-state index is 0.0775. The van der Waals surface area contributed by atoms with Crippen molar-refractivity contribution in [1.82, 2.24) is 4.98 Å². The Balaban J connectivity index is 1.26. The molecule has 11 heteroatoms. The second-order valence-corrected chi connectivity index (χ2v) is 11.7. The second kappa shape index (κ2) is 13.7. The third-order valence-electron chi connectivity index (χ3n) is 7.38. The number of hydrogen-bond donors (Lipinski definition) is 0. The molecule has 4 aromatic rings. The number of ketones is 1. The predicted octanol–water partition coefficient (Wildman–Crippen LogP) is 5.72. The molecule has 3 aromatic carbocycles. The highest BCUT2D eigenvalue weighted by Gasteiger charge is 2.41. The number of nitrogens with zero attached hydrogens (tertiary/aromatic N) is 3. The van der Waals surface area contributed by atoms with Gasteiger partial charge in [-0.2, -0.15) is 5.26 Å². The molecule has 0 radical (unpaired) electrons. The van der Waals surface area contributed by atoms with Crippen LogP contribution in [0.1, 0.15) is 43.8 Å². The molecule has 10 nitrogen and oxygen atoms in total. The van der Waals surface area contributed by atoms with Crippen molar-refractivity contribution in [3.8, 4) is 28.8 Å². The molecule has 2 amide bonds. The van der Waals surface area contributed by atoms with Gasteiger partial charge in [-0.05, 0) is 67.9 Å². The van der Waals surface area contributed by atoms with Crippen molar-refractivity contribution in [2.24, 2.45) is 0 Å². The molecule has 5 rings (SSSR count). The van der Waals surface area contributed by atoms with Crippen molar-refractivity contribution in [2.75, 3.05) is 25.7 Å². The van der Waals surface area contributed by atoms with E-state index in [0.29, 0.717) is 27.8 Å². The highest BCUT2D eigenvalue weighted by atomic mass is 32.2. The maximum absolute atomic E-state index is 13.4. The third-order valence-corrected chi connectivity index (χ3v) is 8.57. The standard InChI is InChI=1S/C35H29N3O7S/c1-20-5-7-22(8-6-20)32-21(2)15-25(18-36)33(37-32)46-30-17-31(40)38(34(30)41)26-12-9-23(10-13-26)35(42)45-19-27(39)24-11-14-28(43-3)29(16-24)44-4/h5-16,30H,17,19H2,1-4H3. The maximum Gasteiger partial charge on any atom is 0.338 e. The van der Waals surface area contributed by atoms with Crippen molar-refractivity contribution in [2.45, 2.75) is 30.5 Å². The molecule has 1 aliphatic rings. The summed E-state index contributed by atoms with van der Waals surface area (Å²) in [7, 11) is 2.93. The number of thioether (sulfide) groups is 1. The number of aryl methyl sites for hydroxylation is 2. The van der Waals surface area contributed by atoms with E-state index in [9.17, 15) is 24.4 Å². The molecule has 232 valence electrons. The van der Waals surface area contributed by atoms with Gasteiger partial charge in [-0.25, -0.2) is 14.7 Å². The number of anilines is 1. The van der Waals surface area contributed by atoms with Crippen LogP contribution in [0.3, 0.4) is 0 Å². The van der Waals surface area contributed by atoms with Gasteiger partial charge in [0.25, 0.3) is 0 Å². The van der Waals surface area contributed by atoms with Crippen molar-refractivity contribution in [3.63, 3.8) is 0 Å². The molecule has 0 bridgehead atoms. The summed E-state index contributed by atoms with van der Waals surface area (Å²) in [4.78, 5) is 57.5. The number of ether oxygens (including phenoxy) is 3. The van der Waals surface area contributed by atoms with Crippen molar-refractivity contribution >= 4 is 41.0 Å². The van der Waals surface area contributed by atoms with Crippen LogP contribution >= 0.6 is 11.8 Å². The van der Waals surface area contributed by atoms with Gasteiger partial charge in [0.2, 0.25) is 11.8 Å². The molecule has 1 atom stereocenters. The molecule has 2 heterocycles. The number of pyridine rings is 1. The SMILES string of the molecule is COc1ccc(C(=O)COC(=O)c2ccc(N3C(=O)CC(Sc4nc(-c5ccc(C)cc5)c(C)cc4C#N)C3=O)cc2)cc1OC. The summed E-state index contributed by atoms with van der Waals surface area (Å²) >= 11 is 1.09. The molecule has 1 saturated heterocycles. The zero-order chi connectivity index (χ0) is 33.0. The largest absolute Gasteiger partial charge is 0.493 e. The number of benzene rings is 3. The lowest BCUT2D eigenvalue weighted by Crippen LogP contribution is -2.31. The molecule has 0 saturated carbocycles. The van der Waals surface area contributed by atoms with Gasteiger partial charge in [0.1, 0.15) is 11.1 Å². The fourth-order valence-corrected chi connectivity index (χ4v) is 6.00. The Bertz CT molecular complexity index is 1880. The number of carbonyl (C=O) groups excluding carboxylic acids is 4. The van der Waals surface area contributed by atoms with Crippen molar-refractivity contribution < 1.29 is 33.4 Å². The normalized spacial score (nSPS) is 14.2. The lowest BCUT2D eigenvalue weighted by atomic mass is 10.0. The van der Waals surface area contributed by atoms with E-state index in [1.807, 2.05) is 38.1 Å². The van der Waals surface area contributed by atoms with Gasteiger partial charge in [-0.15, -0.1) is 0 Å². The number of hydrogen-bond acceptors (Lipinski definition) is 10. The first-order valence-electron chi connectivity index (χ1n) is 14.2. The van der Waals surface area contributed by atoms with Crippen LogP contribution in [0.2, 0.25) is 0 Å². The van der Waals surface area contributed by atoms with E-state index in [4.69, 9.17) is 19.2 Å². The van der Waals surface area contributed by atoms with Gasteiger partial charge >= 0.3 is 5.97 Å². The first kappa shape index (κ1) is 31.9. The van der Waals surface area contributed by atoms with E-state index in [-0.39, 0.29) is 23.2 Å². The minimum atomic E-state index is -0.784. The highest BCUT2D eigenvalue weighted by molar-refractivity contribution is 8.00. The maximum atomic E-state index is 13.4. The molecule has 46 heavy (non-hydrogen) atoms. The van der Waals surface area contributed by atoms with E-state index >= 15 is 0 Å². The van der Waals surface area contributed by atoms with Crippen LogP contribution in [0.4, 0.5) is 5.69 Å². The van der Waals surface area contributed by atoms with Gasteiger partial charge in [-0.3, -0.25) is 14.4 Å². The molecule has 0 aliphatic carbocycles. The van der Waals surface area contributed by atoms with Gasteiger partial charge in [-0.1, -0.05) is 41.6 Å². The van der Waals surface area contributed by atoms with Crippen LogP contribution < -0.4 is 14.4 Å². The monoisotopic (exact) mass is 635 g/mol. The number of amides is 2. The zero-order valence-electron chi connectivity index (χ0n) is 25.5. The number of aromatic nitrogens is 1. The molecule has 1 aliphatic heterocycles. The molecule has 0 spiro atoms. The van der Waals surface area contributed by atoms with E-state index in [2.05, 4.69) is 6.07 Å². The number of esters is 1. The van der Waals surface area contributed by atoms with E-state index < -0.39 is 35.4 Å². The molecule has 0 N–H and O–H groups in total. The van der Waals surface area contributed by atoms with E-state index in [1.165, 1.54) is 44.6 Å². The average molecular weight is 636 g/mol. The Kier molecular flexibility index (Phi) is 9.49.